The molecule has 1 saturated carbocycles. The predicted octanol–water partition coefficient (Wildman–Crippen LogP) is 4.75. The molecule has 2 aromatic rings. The highest BCUT2D eigenvalue weighted by atomic mass is 32.2. The number of benzene rings is 1. The van der Waals surface area contributed by atoms with Crippen molar-refractivity contribution in [2.24, 2.45) is 5.14 Å². The standard InChI is InChI=1S/C16H17F2N3OS.C5H11NOS/c17-10-7-4-8-11(18)12(10)13(22)14-15(19)21-16(23-14)20-9-5-2-1-3-6-9;6-8-5-1-3-7-4-2-5/h4,7-9H,1-3,5-6,19H2,(H,20,21);5H,1-4,6H2. The number of nitrogen functional groups attached to an aromatic ring is 1. The van der Waals surface area contributed by atoms with Crippen LogP contribution in [0.4, 0.5) is 19.7 Å². The third-order valence-corrected chi connectivity index (χ3v) is 7.20. The Morgan fingerprint density at radius 1 is 1.13 bits per heavy atom. The molecule has 1 saturated heterocycles. The fourth-order valence-corrected chi connectivity index (χ4v) is 4.99. The Hall–Kier alpha value is -1.75. The molecule has 5 N–H and O–H groups in total. The van der Waals surface area contributed by atoms with Crippen LogP contribution in [-0.4, -0.2) is 35.3 Å². The SMILES string of the molecule is NSC1CCOCC1.Nc1nc(NC2CCCCC2)sc1C(=O)c1c(F)cccc1F. The van der Waals surface area contributed by atoms with Crippen LogP contribution in [0.2, 0.25) is 0 Å². The van der Waals surface area contributed by atoms with Gasteiger partial charge in [0.2, 0.25) is 5.78 Å². The van der Waals surface area contributed by atoms with Crippen molar-refractivity contribution >= 4 is 40.0 Å². The Morgan fingerprint density at radius 2 is 1.77 bits per heavy atom. The lowest BCUT2D eigenvalue weighted by atomic mass is 9.96. The maximum atomic E-state index is 13.8. The molecular formula is C21H28F2N4O2S2. The second-order valence-corrected chi connectivity index (χ2v) is 9.52. The third-order valence-electron chi connectivity index (χ3n) is 5.34. The summed E-state index contributed by atoms with van der Waals surface area (Å²) in [5, 5.41) is 9.81. The fraction of sp³-hybridized carbons (Fsp3) is 0.524. The molecule has 1 aromatic heterocycles. The smallest absolute Gasteiger partial charge is 0.212 e. The van der Waals surface area contributed by atoms with Crippen molar-refractivity contribution in [1.29, 1.82) is 0 Å². The van der Waals surface area contributed by atoms with E-state index in [1.165, 1.54) is 24.4 Å². The summed E-state index contributed by atoms with van der Waals surface area (Å²) in [4.78, 5) is 16.6. The second kappa shape index (κ2) is 11.8. The lowest BCUT2D eigenvalue weighted by Gasteiger charge is -2.22. The molecule has 1 aliphatic carbocycles. The van der Waals surface area contributed by atoms with Gasteiger partial charge in [0.05, 0.1) is 5.56 Å². The number of hydrogen-bond donors (Lipinski definition) is 3. The Morgan fingerprint density at radius 3 is 2.35 bits per heavy atom. The minimum Gasteiger partial charge on any atom is -0.382 e. The summed E-state index contributed by atoms with van der Waals surface area (Å²) in [6.07, 6.45) is 7.89. The van der Waals surface area contributed by atoms with Crippen molar-refractivity contribution in [2.75, 3.05) is 24.3 Å². The van der Waals surface area contributed by atoms with Crippen LogP contribution >= 0.6 is 23.3 Å². The van der Waals surface area contributed by atoms with Crippen molar-refractivity contribution in [2.45, 2.75) is 56.2 Å². The number of thiazole rings is 1. The molecule has 6 nitrogen and oxygen atoms in total. The van der Waals surface area contributed by atoms with Gasteiger partial charge in [-0.25, -0.2) is 13.8 Å². The molecule has 1 aromatic carbocycles. The summed E-state index contributed by atoms with van der Waals surface area (Å²) in [7, 11) is 0. The lowest BCUT2D eigenvalue weighted by Crippen LogP contribution is -2.22. The van der Waals surface area contributed by atoms with Gasteiger partial charge in [0, 0.05) is 24.5 Å². The maximum absolute atomic E-state index is 13.8. The van der Waals surface area contributed by atoms with Gasteiger partial charge in [-0.2, -0.15) is 0 Å². The maximum Gasteiger partial charge on any atom is 0.212 e. The van der Waals surface area contributed by atoms with Crippen LogP contribution in [-0.2, 0) is 4.74 Å². The van der Waals surface area contributed by atoms with Gasteiger partial charge in [-0.05, 0) is 37.8 Å². The second-order valence-electron chi connectivity index (χ2n) is 7.59. The monoisotopic (exact) mass is 470 g/mol. The number of aromatic nitrogens is 1. The summed E-state index contributed by atoms with van der Waals surface area (Å²) in [6.45, 7) is 1.80. The van der Waals surface area contributed by atoms with E-state index in [0.29, 0.717) is 16.4 Å². The molecule has 1 aliphatic heterocycles. The number of ether oxygens (including phenoxy) is 1. The third kappa shape index (κ3) is 6.61. The zero-order valence-electron chi connectivity index (χ0n) is 17.2. The van der Waals surface area contributed by atoms with Crippen LogP contribution < -0.4 is 16.2 Å². The number of nitrogens with one attached hydrogen (secondary N) is 1. The Labute approximate surface area is 189 Å². The molecular weight excluding hydrogens is 442 g/mol. The molecule has 0 bridgehead atoms. The van der Waals surface area contributed by atoms with Crippen LogP contribution in [0.5, 0.6) is 0 Å². The van der Waals surface area contributed by atoms with Gasteiger partial charge in [0.1, 0.15) is 22.3 Å². The van der Waals surface area contributed by atoms with Crippen LogP contribution in [0.25, 0.3) is 0 Å². The highest BCUT2D eigenvalue weighted by molar-refractivity contribution is 7.97. The summed E-state index contributed by atoms with van der Waals surface area (Å²) in [5.74, 6) is -2.57. The predicted molar refractivity (Wildman–Crippen MR) is 122 cm³/mol. The van der Waals surface area contributed by atoms with Crippen molar-refractivity contribution < 1.29 is 18.3 Å². The number of halogens is 2. The average Bonchev–Trinajstić information content (AvgIpc) is 3.15. The van der Waals surface area contributed by atoms with Crippen molar-refractivity contribution in [3.63, 3.8) is 0 Å². The topological polar surface area (TPSA) is 103 Å². The zero-order chi connectivity index (χ0) is 22.2. The first-order valence-electron chi connectivity index (χ1n) is 10.4. The number of nitrogens with two attached hydrogens (primary N) is 2. The summed E-state index contributed by atoms with van der Waals surface area (Å²) >= 11 is 2.51. The zero-order valence-corrected chi connectivity index (χ0v) is 18.9. The minimum atomic E-state index is -0.899. The van der Waals surface area contributed by atoms with E-state index in [1.807, 2.05) is 0 Å². The highest BCUT2D eigenvalue weighted by Gasteiger charge is 2.25. The van der Waals surface area contributed by atoms with E-state index in [2.05, 4.69) is 10.3 Å². The van der Waals surface area contributed by atoms with Gasteiger partial charge in [0.15, 0.2) is 5.13 Å². The van der Waals surface area contributed by atoms with E-state index in [-0.39, 0.29) is 10.7 Å². The van der Waals surface area contributed by atoms with E-state index >= 15 is 0 Å². The first-order valence-corrected chi connectivity index (χ1v) is 12.2. The van der Waals surface area contributed by atoms with Gasteiger partial charge >= 0.3 is 0 Å². The van der Waals surface area contributed by atoms with Gasteiger partial charge < -0.3 is 15.8 Å². The molecule has 0 radical (unpaired) electrons. The highest BCUT2D eigenvalue weighted by Crippen LogP contribution is 2.31. The first kappa shape index (κ1) is 23.9. The molecule has 10 heteroatoms. The fourth-order valence-electron chi connectivity index (χ4n) is 3.62. The number of ketones is 1. The number of hydrogen-bond acceptors (Lipinski definition) is 8. The largest absolute Gasteiger partial charge is 0.382 e. The minimum absolute atomic E-state index is 0.000891. The van der Waals surface area contributed by atoms with E-state index in [4.69, 9.17) is 15.6 Å². The summed E-state index contributed by atoms with van der Waals surface area (Å²) in [6, 6.07) is 3.62. The van der Waals surface area contributed by atoms with Crippen LogP contribution in [0, 0.1) is 11.6 Å². The molecule has 0 amide bonds. The van der Waals surface area contributed by atoms with Gasteiger partial charge in [-0.15, -0.1) is 0 Å². The number of rotatable bonds is 5. The number of nitrogens with zero attached hydrogens (tertiary/aromatic N) is 1. The molecule has 4 rings (SSSR count). The number of carbonyl (C=O) groups excluding carboxylic acids is 1. The average molecular weight is 471 g/mol. The van der Waals surface area contributed by atoms with Crippen molar-refractivity contribution in [3.05, 3.63) is 40.3 Å². The quantitative estimate of drug-likeness (QED) is 0.428. The van der Waals surface area contributed by atoms with Gasteiger partial charge in [0.25, 0.3) is 0 Å². The van der Waals surface area contributed by atoms with E-state index in [0.717, 1.165) is 75.2 Å². The Bertz CT molecular complexity index is 849. The summed E-state index contributed by atoms with van der Waals surface area (Å²) in [5.41, 5.74) is 5.19. The van der Waals surface area contributed by atoms with Crippen molar-refractivity contribution in [1.82, 2.24) is 4.98 Å². The molecule has 2 fully saturated rings. The van der Waals surface area contributed by atoms with Crippen LogP contribution in [0.1, 0.15) is 60.2 Å². The summed E-state index contributed by atoms with van der Waals surface area (Å²) < 4.78 is 32.7. The molecule has 2 heterocycles. The molecule has 0 spiro atoms. The lowest BCUT2D eigenvalue weighted by molar-refractivity contribution is 0.1000. The van der Waals surface area contributed by atoms with E-state index < -0.39 is 23.0 Å². The number of carbonyl (C=O) groups is 1. The van der Waals surface area contributed by atoms with Gasteiger partial charge in [-0.3, -0.25) is 9.93 Å². The number of anilines is 2. The Kier molecular flexibility index (Phi) is 9.06. The van der Waals surface area contributed by atoms with Gasteiger partial charge in [-0.1, -0.05) is 48.6 Å². The van der Waals surface area contributed by atoms with E-state index in [1.54, 1.807) is 0 Å². The van der Waals surface area contributed by atoms with E-state index in [9.17, 15) is 13.6 Å². The normalized spacial score (nSPS) is 17.6. The van der Waals surface area contributed by atoms with Crippen LogP contribution in [0.15, 0.2) is 18.2 Å². The first-order chi connectivity index (χ1) is 15.0. The molecule has 0 unspecified atom stereocenters. The molecule has 0 atom stereocenters. The Balaban J connectivity index is 0.000000287. The molecule has 2 aliphatic rings. The molecule has 170 valence electrons. The molecule has 31 heavy (non-hydrogen) atoms. The van der Waals surface area contributed by atoms with Crippen molar-refractivity contribution in [3.8, 4) is 0 Å². The van der Waals surface area contributed by atoms with Crippen LogP contribution in [0.3, 0.4) is 0 Å².